The summed E-state index contributed by atoms with van der Waals surface area (Å²) >= 11 is 0. The molecule has 1 aliphatic heterocycles. The van der Waals surface area contributed by atoms with Gasteiger partial charge in [0.15, 0.2) is 18.8 Å². The zero-order chi connectivity index (χ0) is 16.8. The van der Waals surface area contributed by atoms with Crippen molar-refractivity contribution >= 4 is 11.9 Å². The van der Waals surface area contributed by atoms with Gasteiger partial charge >= 0.3 is 5.97 Å². The van der Waals surface area contributed by atoms with E-state index >= 15 is 0 Å². The van der Waals surface area contributed by atoms with Crippen LogP contribution in [0, 0.1) is 0 Å². The molecule has 3 rings (SSSR count). The Bertz CT molecular complexity index is 672. The fraction of sp³-hybridized carbons (Fsp3) is 0.389. The Hall–Kier alpha value is -2.63. The standard InChI is InChI=1S/C18H20N2O4/c21-17(20-9-3-1-2-4-10-20)12-23-18(22)15-7-5-14(6-8-15)16-11-19-13-24-16/h5-8,11,13H,1-4,9-10,12H2. The third kappa shape index (κ3) is 4.01. The van der Waals surface area contributed by atoms with Crippen LogP contribution in [0.3, 0.4) is 0 Å². The Balaban J connectivity index is 1.54. The minimum atomic E-state index is -0.498. The van der Waals surface area contributed by atoms with Crippen molar-refractivity contribution < 1.29 is 18.7 Å². The number of rotatable bonds is 4. The maximum atomic E-state index is 12.1. The zero-order valence-electron chi connectivity index (χ0n) is 13.4. The molecule has 0 N–H and O–H groups in total. The molecule has 126 valence electrons. The summed E-state index contributed by atoms with van der Waals surface area (Å²) < 4.78 is 10.3. The Kier molecular flexibility index (Phi) is 5.25. The summed E-state index contributed by atoms with van der Waals surface area (Å²) in [5.41, 5.74) is 1.23. The Morgan fingerprint density at radius 1 is 1.08 bits per heavy atom. The van der Waals surface area contributed by atoms with Crippen LogP contribution in [0.25, 0.3) is 11.3 Å². The van der Waals surface area contributed by atoms with E-state index in [-0.39, 0.29) is 12.5 Å². The Morgan fingerprint density at radius 3 is 2.42 bits per heavy atom. The van der Waals surface area contributed by atoms with Crippen LogP contribution in [0.4, 0.5) is 0 Å². The third-order valence-electron chi connectivity index (χ3n) is 4.12. The molecule has 1 amide bonds. The van der Waals surface area contributed by atoms with Crippen molar-refractivity contribution in [2.45, 2.75) is 25.7 Å². The molecule has 2 heterocycles. The molecule has 24 heavy (non-hydrogen) atoms. The molecular weight excluding hydrogens is 308 g/mol. The number of amides is 1. The van der Waals surface area contributed by atoms with Crippen LogP contribution in [0.2, 0.25) is 0 Å². The van der Waals surface area contributed by atoms with Gasteiger partial charge in [-0.25, -0.2) is 9.78 Å². The third-order valence-corrected chi connectivity index (χ3v) is 4.12. The number of hydrogen-bond acceptors (Lipinski definition) is 5. The highest BCUT2D eigenvalue weighted by Gasteiger charge is 2.17. The topological polar surface area (TPSA) is 72.6 Å². The highest BCUT2D eigenvalue weighted by atomic mass is 16.5. The van der Waals surface area contributed by atoms with Crippen molar-refractivity contribution in [1.29, 1.82) is 0 Å². The summed E-state index contributed by atoms with van der Waals surface area (Å²) in [7, 11) is 0. The first-order valence-corrected chi connectivity index (χ1v) is 8.18. The van der Waals surface area contributed by atoms with E-state index in [4.69, 9.17) is 9.15 Å². The molecule has 6 nitrogen and oxygen atoms in total. The molecule has 6 heteroatoms. The quantitative estimate of drug-likeness (QED) is 0.807. The number of carbonyl (C=O) groups excluding carboxylic acids is 2. The minimum absolute atomic E-state index is 0.122. The first-order valence-electron chi connectivity index (χ1n) is 8.18. The number of nitrogens with zero attached hydrogens (tertiary/aromatic N) is 2. The Morgan fingerprint density at radius 2 is 1.79 bits per heavy atom. The monoisotopic (exact) mass is 328 g/mol. The molecule has 0 spiro atoms. The first-order chi connectivity index (χ1) is 11.7. The molecular formula is C18H20N2O4. The summed E-state index contributed by atoms with van der Waals surface area (Å²) in [6, 6.07) is 6.81. The maximum Gasteiger partial charge on any atom is 0.338 e. The molecule has 0 unspecified atom stereocenters. The number of esters is 1. The average Bonchev–Trinajstić information content (AvgIpc) is 3.02. The average molecular weight is 328 g/mol. The van der Waals surface area contributed by atoms with Gasteiger partial charge in [0.05, 0.1) is 11.8 Å². The van der Waals surface area contributed by atoms with E-state index in [9.17, 15) is 9.59 Å². The summed E-state index contributed by atoms with van der Waals surface area (Å²) in [4.78, 5) is 29.8. The lowest BCUT2D eigenvalue weighted by Crippen LogP contribution is -2.35. The van der Waals surface area contributed by atoms with Crippen molar-refractivity contribution in [3.05, 3.63) is 42.4 Å². The molecule has 0 atom stereocenters. The highest BCUT2D eigenvalue weighted by molar-refractivity contribution is 5.91. The van der Waals surface area contributed by atoms with Crippen LogP contribution in [0.1, 0.15) is 36.0 Å². The minimum Gasteiger partial charge on any atom is -0.452 e. The fourth-order valence-corrected chi connectivity index (χ4v) is 2.75. The van der Waals surface area contributed by atoms with E-state index in [2.05, 4.69) is 4.98 Å². The maximum absolute atomic E-state index is 12.1. The smallest absolute Gasteiger partial charge is 0.338 e. The summed E-state index contributed by atoms with van der Waals surface area (Å²) in [5.74, 6) is 0.0112. The molecule has 2 aromatic rings. The van der Waals surface area contributed by atoms with Crippen molar-refractivity contribution in [1.82, 2.24) is 9.88 Å². The second-order valence-corrected chi connectivity index (χ2v) is 5.81. The SMILES string of the molecule is O=C(OCC(=O)N1CCCCCC1)c1ccc(-c2cnco2)cc1. The molecule has 1 saturated heterocycles. The van der Waals surface area contributed by atoms with Crippen molar-refractivity contribution in [3.8, 4) is 11.3 Å². The zero-order valence-corrected chi connectivity index (χ0v) is 13.4. The van der Waals surface area contributed by atoms with Gasteiger partial charge in [-0.1, -0.05) is 25.0 Å². The lowest BCUT2D eigenvalue weighted by molar-refractivity contribution is -0.134. The number of aromatic nitrogens is 1. The van der Waals surface area contributed by atoms with Gasteiger partial charge in [0.2, 0.25) is 0 Å². The fourth-order valence-electron chi connectivity index (χ4n) is 2.75. The molecule has 1 fully saturated rings. The van der Waals surface area contributed by atoms with Crippen LogP contribution < -0.4 is 0 Å². The summed E-state index contributed by atoms with van der Waals surface area (Å²) in [5, 5.41) is 0. The first kappa shape index (κ1) is 16.2. The highest BCUT2D eigenvalue weighted by Crippen LogP contribution is 2.19. The van der Waals surface area contributed by atoms with Gasteiger partial charge < -0.3 is 14.1 Å². The van der Waals surface area contributed by atoms with E-state index in [1.807, 2.05) is 0 Å². The predicted molar refractivity (Wildman–Crippen MR) is 87.3 cm³/mol. The molecule has 0 saturated carbocycles. The van der Waals surface area contributed by atoms with Gasteiger partial charge in [-0.05, 0) is 25.0 Å². The van der Waals surface area contributed by atoms with E-state index in [0.717, 1.165) is 44.3 Å². The summed E-state index contributed by atoms with van der Waals surface area (Å²) in [6.45, 7) is 1.30. The summed E-state index contributed by atoms with van der Waals surface area (Å²) in [6.07, 6.45) is 7.30. The van der Waals surface area contributed by atoms with Gasteiger partial charge in [0, 0.05) is 18.7 Å². The van der Waals surface area contributed by atoms with Gasteiger partial charge in [-0.3, -0.25) is 4.79 Å². The molecule has 0 bridgehead atoms. The number of ether oxygens (including phenoxy) is 1. The molecule has 0 aliphatic carbocycles. The van der Waals surface area contributed by atoms with Gasteiger partial charge in [-0.2, -0.15) is 0 Å². The van der Waals surface area contributed by atoms with Gasteiger partial charge in [0.1, 0.15) is 0 Å². The number of benzene rings is 1. The Labute approximate surface area is 140 Å². The molecule has 1 aromatic heterocycles. The van der Waals surface area contributed by atoms with Crippen molar-refractivity contribution in [2.75, 3.05) is 19.7 Å². The lowest BCUT2D eigenvalue weighted by Gasteiger charge is -2.19. The van der Waals surface area contributed by atoms with E-state index in [1.54, 1.807) is 35.4 Å². The predicted octanol–water partition coefficient (Wildman–Crippen LogP) is 2.90. The van der Waals surface area contributed by atoms with Crippen molar-refractivity contribution in [3.63, 3.8) is 0 Å². The van der Waals surface area contributed by atoms with Crippen LogP contribution in [-0.4, -0.2) is 41.5 Å². The lowest BCUT2D eigenvalue weighted by atomic mass is 10.1. The number of oxazole rings is 1. The molecule has 1 aliphatic rings. The largest absolute Gasteiger partial charge is 0.452 e. The number of carbonyl (C=O) groups is 2. The van der Waals surface area contributed by atoms with E-state index in [1.165, 1.54) is 6.39 Å². The van der Waals surface area contributed by atoms with Crippen LogP contribution in [0.5, 0.6) is 0 Å². The van der Waals surface area contributed by atoms with Crippen LogP contribution in [0.15, 0.2) is 41.3 Å². The number of likely N-dealkylation sites (tertiary alicyclic amines) is 1. The van der Waals surface area contributed by atoms with Crippen LogP contribution >= 0.6 is 0 Å². The normalized spacial score (nSPS) is 14.9. The van der Waals surface area contributed by atoms with E-state index in [0.29, 0.717) is 11.3 Å². The number of hydrogen-bond donors (Lipinski definition) is 0. The van der Waals surface area contributed by atoms with Gasteiger partial charge in [0.25, 0.3) is 5.91 Å². The second-order valence-electron chi connectivity index (χ2n) is 5.81. The molecule has 0 radical (unpaired) electrons. The van der Waals surface area contributed by atoms with Crippen molar-refractivity contribution in [2.24, 2.45) is 0 Å². The molecule has 1 aromatic carbocycles. The van der Waals surface area contributed by atoms with Crippen LogP contribution in [-0.2, 0) is 9.53 Å². The van der Waals surface area contributed by atoms with E-state index < -0.39 is 5.97 Å². The van der Waals surface area contributed by atoms with Gasteiger partial charge in [-0.15, -0.1) is 0 Å². The second kappa shape index (κ2) is 7.77.